The van der Waals surface area contributed by atoms with Crippen molar-refractivity contribution in [3.63, 3.8) is 0 Å². The molecule has 0 N–H and O–H groups in total. The molecule has 0 saturated carbocycles. The molecule has 0 spiro atoms. The second-order valence-electron chi connectivity index (χ2n) is 6.94. The zero-order chi connectivity index (χ0) is 19.5. The second kappa shape index (κ2) is 7.72. The molecule has 1 aromatic heterocycles. The Labute approximate surface area is 164 Å². The molecule has 0 radical (unpaired) electrons. The van der Waals surface area contributed by atoms with E-state index in [1.54, 1.807) is 11.8 Å². The van der Waals surface area contributed by atoms with Gasteiger partial charge >= 0.3 is 0 Å². The standard InChI is InChI=1S/C23H23N3O2/c1-17-12-14-25(15-13-17)23(27)21-16-26(19-6-4-3-5-7-19)24-22(21)18-8-10-20(28-2)11-9-18/h3-11,16H,1,12-15H2,2H3. The molecule has 2 aromatic carbocycles. The van der Waals surface area contributed by atoms with Crippen LogP contribution in [0, 0.1) is 0 Å². The summed E-state index contributed by atoms with van der Waals surface area (Å²) < 4.78 is 7.03. The number of methoxy groups -OCH3 is 1. The number of hydrogen-bond acceptors (Lipinski definition) is 3. The molecular formula is C23H23N3O2. The van der Waals surface area contributed by atoms with Crippen molar-refractivity contribution in [1.82, 2.24) is 14.7 Å². The van der Waals surface area contributed by atoms with Crippen molar-refractivity contribution in [2.45, 2.75) is 12.8 Å². The number of hydrogen-bond donors (Lipinski definition) is 0. The Bertz CT molecular complexity index is 980. The van der Waals surface area contributed by atoms with Crippen LogP contribution in [0.3, 0.4) is 0 Å². The Balaban J connectivity index is 1.75. The van der Waals surface area contributed by atoms with E-state index < -0.39 is 0 Å². The highest BCUT2D eigenvalue weighted by Gasteiger charge is 2.25. The van der Waals surface area contributed by atoms with E-state index in [0.717, 1.165) is 29.8 Å². The molecule has 0 atom stereocenters. The summed E-state index contributed by atoms with van der Waals surface area (Å²) in [5.41, 5.74) is 4.31. The van der Waals surface area contributed by atoms with Gasteiger partial charge in [0.1, 0.15) is 11.4 Å². The zero-order valence-electron chi connectivity index (χ0n) is 16.0. The first-order valence-corrected chi connectivity index (χ1v) is 9.41. The van der Waals surface area contributed by atoms with Gasteiger partial charge in [0, 0.05) is 24.8 Å². The zero-order valence-corrected chi connectivity index (χ0v) is 16.0. The Morgan fingerprint density at radius 1 is 1.04 bits per heavy atom. The number of likely N-dealkylation sites (tertiary alicyclic amines) is 1. The number of ether oxygens (including phenoxy) is 1. The van der Waals surface area contributed by atoms with Gasteiger partial charge in [0.2, 0.25) is 0 Å². The molecule has 5 nitrogen and oxygen atoms in total. The van der Waals surface area contributed by atoms with E-state index in [0.29, 0.717) is 24.3 Å². The maximum Gasteiger partial charge on any atom is 0.257 e. The van der Waals surface area contributed by atoms with Crippen molar-refractivity contribution in [2.75, 3.05) is 20.2 Å². The van der Waals surface area contributed by atoms with E-state index in [9.17, 15) is 4.79 Å². The van der Waals surface area contributed by atoms with Crippen LogP contribution in [0.4, 0.5) is 0 Å². The number of piperidine rings is 1. The second-order valence-corrected chi connectivity index (χ2v) is 6.94. The minimum absolute atomic E-state index is 0.0144. The van der Waals surface area contributed by atoms with Gasteiger partial charge in [-0.2, -0.15) is 5.10 Å². The van der Waals surface area contributed by atoms with Gasteiger partial charge in [-0.25, -0.2) is 4.68 Å². The summed E-state index contributed by atoms with van der Waals surface area (Å²) in [6, 6.07) is 17.5. The molecule has 1 aliphatic heterocycles. The fourth-order valence-electron chi connectivity index (χ4n) is 3.40. The molecule has 1 saturated heterocycles. The van der Waals surface area contributed by atoms with E-state index in [1.165, 1.54) is 5.57 Å². The van der Waals surface area contributed by atoms with Gasteiger partial charge in [0.25, 0.3) is 5.91 Å². The molecule has 142 valence electrons. The molecule has 4 rings (SSSR count). The molecule has 0 aliphatic carbocycles. The number of carbonyl (C=O) groups is 1. The summed E-state index contributed by atoms with van der Waals surface area (Å²) >= 11 is 0. The Kier molecular flexibility index (Phi) is 4.98. The Morgan fingerprint density at radius 2 is 1.71 bits per heavy atom. The third-order valence-corrected chi connectivity index (χ3v) is 5.09. The number of para-hydroxylation sites is 1. The molecule has 0 unspecified atom stereocenters. The monoisotopic (exact) mass is 373 g/mol. The van der Waals surface area contributed by atoms with Crippen LogP contribution in [0.25, 0.3) is 16.9 Å². The third kappa shape index (κ3) is 3.56. The SMILES string of the molecule is C=C1CCN(C(=O)c2cn(-c3ccccc3)nc2-c2ccc(OC)cc2)CC1. The van der Waals surface area contributed by atoms with Gasteiger partial charge in [0.15, 0.2) is 0 Å². The number of aromatic nitrogens is 2. The molecule has 1 amide bonds. The lowest BCUT2D eigenvalue weighted by molar-refractivity contribution is 0.0744. The smallest absolute Gasteiger partial charge is 0.257 e. The van der Waals surface area contributed by atoms with Crippen molar-refractivity contribution >= 4 is 5.91 Å². The van der Waals surface area contributed by atoms with Gasteiger partial charge in [-0.3, -0.25) is 4.79 Å². The number of carbonyl (C=O) groups excluding carboxylic acids is 1. The number of amides is 1. The summed E-state index contributed by atoms with van der Waals surface area (Å²) in [5.74, 6) is 0.786. The summed E-state index contributed by atoms with van der Waals surface area (Å²) in [5, 5.41) is 4.75. The van der Waals surface area contributed by atoms with Gasteiger partial charge < -0.3 is 9.64 Å². The Morgan fingerprint density at radius 3 is 2.36 bits per heavy atom. The maximum absolute atomic E-state index is 13.3. The highest BCUT2D eigenvalue weighted by Crippen LogP contribution is 2.28. The van der Waals surface area contributed by atoms with Crippen molar-refractivity contribution in [3.8, 4) is 22.7 Å². The van der Waals surface area contributed by atoms with Crippen LogP contribution >= 0.6 is 0 Å². The van der Waals surface area contributed by atoms with E-state index in [4.69, 9.17) is 9.84 Å². The highest BCUT2D eigenvalue weighted by molar-refractivity contribution is 6.00. The van der Waals surface area contributed by atoms with Crippen molar-refractivity contribution < 1.29 is 9.53 Å². The van der Waals surface area contributed by atoms with Crippen LogP contribution in [-0.2, 0) is 0 Å². The maximum atomic E-state index is 13.3. The fourth-order valence-corrected chi connectivity index (χ4v) is 3.40. The molecule has 1 fully saturated rings. The largest absolute Gasteiger partial charge is 0.497 e. The molecule has 3 aromatic rings. The summed E-state index contributed by atoms with van der Waals surface area (Å²) in [7, 11) is 1.64. The van der Waals surface area contributed by atoms with Crippen LogP contribution < -0.4 is 4.74 Å². The van der Waals surface area contributed by atoms with E-state index in [2.05, 4.69) is 6.58 Å². The van der Waals surface area contributed by atoms with Crippen LogP contribution in [0.2, 0.25) is 0 Å². The molecular weight excluding hydrogens is 350 g/mol. The average molecular weight is 373 g/mol. The fraction of sp³-hybridized carbons (Fsp3) is 0.217. The van der Waals surface area contributed by atoms with Crippen molar-refractivity contribution in [2.24, 2.45) is 0 Å². The van der Waals surface area contributed by atoms with Crippen LogP contribution in [0.5, 0.6) is 5.75 Å². The van der Waals surface area contributed by atoms with E-state index in [-0.39, 0.29) is 5.91 Å². The molecule has 1 aliphatic rings. The summed E-state index contributed by atoms with van der Waals surface area (Å²) in [6.45, 7) is 5.45. The first kappa shape index (κ1) is 18.0. The van der Waals surface area contributed by atoms with Crippen LogP contribution in [-0.4, -0.2) is 40.8 Å². The van der Waals surface area contributed by atoms with E-state index in [1.807, 2.05) is 65.7 Å². The average Bonchev–Trinajstić information content (AvgIpc) is 3.20. The lowest BCUT2D eigenvalue weighted by Crippen LogP contribution is -2.36. The van der Waals surface area contributed by atoms with Gasteiger partial charge in [-0.1, -0.05) is 30.4 Å². The first-order valence-electron chi connectivity index (χ1n) is 9.41. The lowest BCUT2D eigenvalue weighted by atomic mass is 10.0. The highest BCUT2D eigenvalue weighted by atomic mass is 16.5. The molecule has 0 bridgehead atoms. The molecule has 5 heteroatoms. The van der Waals surface area contributed by atoms with Gasteiger partial charge in [-0.15, -0.1) is 0 Å². The lowest BCUT2D eigenvalue weighted by Gasteiger charge is -2.27. The van der Waals surface area contributed by atoms with Crippen LogP contribution in [0.15, 0.2) is 72.9 Å². The number of rotatable bonds is 4. The first-order chi connectivity index (χ1) is 13.7. The minimum atomic E-state index is 0.0144. The molecule has 28 heavy (non-hydrogen) atoms. The van der Waals surface area contributed by atoms with Crippen molar-refractivity contribution in [1.29, 1.82) is 0 Å². The predicted molar refractivity (Wildman–Crippen MR) is 110 cm³/mol. The van der Waals surface area contributed by atoms with Gasteiger partial charge in [0.05, 0.1) is 18.4 Å². The van der Waals surface area contributed by atoms with Crippen LogP contribution in [0.1, 0.15) is 23.2 Å². The number of nitrogens with zero attached hydrogens (tertiary/aromatic N) is 3. The van der Waals surface area contributed by atoms with E-state index >= 15 is 0 Å². The topological polar surface area (TPSA) is 47.4 Å². The minimum Gasteiger partial charge on any atom is -0.497 e. The third-order valence-electron chi connectivity index (χ3n) is 5.09. The quantitative estimate of drug-likeness (QED) is 0.639. The summed E-state index contributed by atoms with van der Waals surface area (Å²) in [4.78, 5) is 15.2. The van der Waals surface area contributed by atoms with Gasteiger partial charge in [-0.05, 0) is 49.2 Å². The predicted octanol–water partition coefficient (Wildman–Crippen LogP) is 4.34. The number of benzene rings is 2. The Hall–Kier alpha value is -3.34. The van der Waals surface area contributed by atoms with Crippen molar-refractivity contribution in [3.05, 3.63) is 78.5 Å². The summed E-state index contributed by atoms with van der Waals surface area (Å²) in [6.07, 6.45) is 3.55. The molecule has 2 heterocycles. The normalized spacial score (nSPS) is 14.2.